The van der Waals surface area contributed by atoms with Crippen LogP contribution in [0.5, 0.6) is 0 Å². The maximum atomic E-state index is 10.8. The second-order valence-corrected chi connectivity index (χ2v) is 3.71. The number of hydrogen-bond acceptors (Lipinski definition) is 6. The van der Waals surface area contributed by atoms with Crippen molar-refractivity contribution in [3.63, 3.8) is 0 Å². The number of carbonyl (C=O) groups is 1. The van der Waals surface area contributed by atoms with Crippen molar-refractivity contribution in [3.05, 3.63) is 32.7 Å². The highest BCUT2D eigenvalue weighted by Gasteiger charge is 2.09. The SMILES string of the molecule is O=C(O)c1coc(NCc2csc(=O)[nH]2)n1. The Morgan fingerprint density at radius 1 is 1.69 bits per heavy atom. The lowest BCUT2D eigenvalue weighted by atomic mass is 10.5. The molecule has 2 rings (SSSR count). The fourth-order valence-electron chi connectivity index (χ4n) is 1.02. The second-order valence-electron chi connectivity index (χ2n) is 2.87. The Labute approximate surface area is 92.8 Å². The highest BCUT2D eigenvalue weighted by atomic mass is 32.1. The van der Waals surface area contributed by atoms with Crippen LogP contribution in [0.2, 0.25) is 0 Å². The van der Waals surface area contributed by atoms with Gasteiger partial charge in [-0.05, 0) is 0 Å². The lowest BCUT2D eigenvalue weighted by Crippen LogP contribution is -2.03. The van der Waals surface area contributed by atoms with E-state index in [9.17, 15) is 9.59 Å². The van der Waals surface area contributed by atoms with Crippen molar-refractivity contribution in [2.45, 2.75) is 6.54 Å². The molecule has 8 heteroatoms. The molecule has 0 spiro atoms. The van der Waals surface area contributed by atoms with Gasteiger partial charge in [0, 0.05) is 11.1 Å². The van der Waals surface area contributed by atoms with Gasteiger partial charge in [0.1, 0.15) is 6.26 Å². The number of aromatic carboxylic acids is 1. The van der Waals surface area contributed by atoms with Gasteiger partial charge in [0.15, 0.2) is 5.69 Å². The number of thiazole rings is 1. The highest BCUT2D eigenvalue weighted by Crippen LogP contribution is 2.08. The fraction of sp³-hybridized carbons (Fsp3) is 0.125. The van der Waals surface area contributed by atoms with E-state index in [-0.39, 0.29) is 16.6 Å². The van der Waals surface area contributed by atoms with Gasteiger partial charge in [0.2, 0.25) is 0 Å². The number of carboxylic acid groups (broad SMARTS) is 1. The summed E-state index contributed by atoms with van der Waals surface area (Å²) < 4.78 is 4.86. The maximum absolute atomic E-state index is 10.8. The van der Waals surface area contributed by atoms with E-state index in [1.165, 1.54) is 0 Å². The van der Waals surface area contributed by atoms with E-state index >= 15 is 0 Å². The molecule has 0 fully saturated rings. The third-order valence-corrected chi connectivity index (χ3v) is 2.44. The van der Waals surface area contributed by atoms with E-state index in [0.717, 1.165) is 17.6 Å². The molecule has 2 aromatic heterocycles. The Kier molecular flexibility index (Phi) is 2.73. The Morgan fingerprint density at radius 3 is 3.06 bits per heavy atom. The smallest absolute Gasteiger partial charge is 0.357 e. The summed E-state index contributed by atoms with van der Waals surface area (Å²) in [6, 6.07) is 0.101. The van der Waals surface area contributed by atoms with E-state index in [1.54, 1.807) is 5.38 Å². The maximum Gasteiger partial charge on any atom is 0.357 e. The molecule has 0 aliphatic carbocycles. The zero-order chi connectivity index (χ0) is 11.5. The summed E-state index contributed by atoms with van der Waals surface area (Å²) in [5, 5.41) is 13.0. The predicted molar refractivity (Wildman–Crippen MR) is 55.7 cm³/mol. The normalized spacial score (nSPS) is 10.2. The van der Waals surface area contributed by atoms with Crippen LogP contribution in [0.15, 0.2) is 20.9 Å². The van der Waals surface area contributed by atoms with E-state index in [1.807, 2.05) is 0 Å². The molecule has 0 aliphatic rings. The van der Waals surface area contributed by atoms with Crippen LogP contribution >= 0.6 is 11.3 Å². The van der Waals surface area contributed by atoms with Crippen LogP contribution in [-0.4, -0.2) is 21.0 Å². The van der Waals surface area contributed by atoms with Crippen LogP contribution in [0.3, 0.4) is 0 Å². The molecule has 0 saturated heterocycles. The van der Waals surface area contributed by atoms with Crippen molar-refractivity contribution < 1.29 is 14.3 Å². The first-order valence-electron chi connectivity index (χ1n) is 4.24. The molecule has 84 valence electrons. The summed E-state index contributed by atoms with van der Waals surface area (Å²) in [5.74, 6) is -1.15. The molecule has 2 heterocycles. The van der Waals surface area contributed by atoms with Crippen LogP contribution in [0.1, 0.15) is 16.2 Å². The topological polar surface area (TPSA) is 108 Å². The number of rotatable bonds is 4. The Hall–Kier alpha value is -2.09. The summed E-state index contributed by atoms with van der Waals surface area (Å²) in [6.45, 7) is 0.318. The third-order valence-electron chi connectivity index (χ3n) is 1.72. The van der Waals surface area contributed by atoms with Gasteiger partial charge in [-0.3, -0.25) is 4.79 Å². The van der Waals surface area contributed by atoms with Crippen molar-refractivity contribution >= 4 is 23.3 Å². The van der Waals surface area contributed by atoms with Crippen molar-refractivity contribution in [3.8, 4) is 0 Å². The van der Waals surface area contributed by atoms with Crippen LogP contribution < -0.4 is 10.2 Å². The number of nitrogens with zero attached hydrogens (tertiary/aromatic N) is 1. The second kappa shape index (κ2) is 4.19. The number of oxazole rings is 1. The molecule has 16 heavy (non-hydrogen) atoms. The van der Waals surface area contributed by atoms with Crippen LogP contribution in [0.25, 0.3) is 0 Å². The van der Waals surface area contributed by atoms with Crippen molar-refractivity contribution in [2.24, 2.45) is 0 Å². The van der Waals surface area contributed by atoms with Gasteiger partial charge in [-0.15, -0.1) is 0 Å². The standard InChI is InChI=1S/C8H7N3O4S/c12-6(13)5-2-15-7(11-5)9-1-4-3-16-8(14)10-4/h2-3H,1H2,(H,9,11)(H,10,14)(H,12,13). The Balaban J connectivity index is 1.99. The minimum absolute atomic E-state index is 0.101. The first-order chi connectivity index (χ1) is 7.65. The lowest BCUT2D eigenvalue weighted by molar-refractivity contribution is 0.0690. The van der Waals surface area contributed by atoms with Crippen LogP contribution in [0.4, 0.5) is 6.01 Å². The number of aromatic amines is 1. The zero-order valence-electron chi connectivity index (χ0n) is 7.89. The molecule has 0 unspecified atom stereocenters. The zero-order valence-corrected chi connectivity index (χ0v) is 8.71. The summed E-state index contributed by atoms with van der Waals surface area (Å²) in [5.41, 5.74) is 0.520. The van der Waals surface area contributed by atoms with Gasteiger partial charge in [-0.2, -0.15) is 4.98 Å². The number of hydrogen-bond donors (Lipinski definition) is 3. The van der Waals surface area contributed by atoms with Crippen molar-refractivity contribution in [1.29, 1.82) is 0 Å². The monoisotopic (exact) mass is 241 g/mol. The Bertz CT molecular complexity index is 555. The van der Waals surface area contributed by atoms with Gasteiger partial charge in [0.25, 0.3) is 6.01 Å². The Morgan fingerprint density at radius 2 is 2.50 bits per heavy atom. The average Bonchev–Trinajstić information content (AvgIpc) is 2.83. The minimum atomic E-state index is -1.15. The van der Waals surface area contributed by atoms with Gasteiger partial charge in [0.05, 0.1) is 6.54 Å². The molecule has 0 bridgehead atoms. The number of H-pyrrole nitrogens is 1. The van der Waals surface area contributed by atoms with E-state index in [2.05, 4.69) is 15.3 Å². The summed E-state index contributed by atoms with van der Waals surface area (Å²) >= 11 is 1.05. The summed E-state index contributed by atoms with van der Waals surface area (Å²) in [7, 11) is 0. The van der Waals surface area contributed by atoms with E-state index in [0.29, 0.717) is 12.2 Å². The highest BCUT2D eigenvalue weighted by molar-refractivity contribution is 7.07. The first kappa shape index (κ1) is 10.4. The number of anilines is 1. The van der Waals surface area contributed by atoms with Gasteiger partial charge in [-0.25, -0.2) is 4.79 Å². The molecule has 0 radical (unpaired) electrons. The number of nitrogens with one attached hydrogen (secondary N) is 2. The number of carboxylic acids is 1. The average molecular weight is 241 g/mol. The first-order valence-corrected chi connectivity index (χ1v) is 5.12. The summed E-state index contributed by atoms with van der Waals surface area (Å²) in [4.78, 5) is 27.4. The van der Waals surface area contributed by atoms with Gasteiger partial charge < -0.3 is 19.8 Å². The molecule has 7 nitrogen and oxygen atoms in total. The third kappa shape index (κ3) is 2.28. The molecule has 2 aromatic rings. The van der Waals surface area contributed by atoms with Gasteiger partial charge in [-0.1, -0.05) is 11.3 Å². The van der Waals surface area contributed by atoms with E-state index < -0.39 is 5.97 Å². The molecule has 0 amide bonds. The molecular formula is C8H7N3O4S. The molecule has 0 aromatic carbocycles. The molecular weight excluding hydrogens is 234 g/mol. The van der Waals surface area contributed by atoms with Gasteiger partial charge >= 0.3 is 10.8 Å². The summed E-state index contributed by atoms with van der Waals surface area (Å²) in [6.07, 6.45) is 1.04. The van der Waals surface area contributed by atoms with Crippen molar-refractivity contribution in [2.75, 3.05) is 5.32 Å². The molecule has 3 N–H and O–H groups in total. The minimum Gasteiger partial charge on any atom is -0.476 e. The van der Waals surface area contributed by atoms with E-state index in [4.69, 9.17) is 9.52 Å². The quantitative estimate of drug-likeness (QED) is 0.728. The predicted octanol–water partition coefficient (Wildman–Crippen LogP) is 0.735. The largest absolute Gasteiger partial charge is 0.476 e. The molecule has 0 saturated carbocycles. The molecule has 0 atom stereocenters. The van der Waals surface area contributed by atoms with Crippen LogP contribution in [0, 0.1) is 0 Å². The molecule has 0 aliphatic heterocycles. The fourth-order valence-corrected chi connectivity index (χ4v) is 1.61. The van der Waals surface area contributed by atoms with Crippen molar-refractivity contribution in [1.82, 2.24) is 9.97 Å². The number of aromatic nitrogens is 2. The van der Waals surface area contributed by atoms with Crippen LogP contribution in [-0.2, 0) is 6.54 Å². The lowest BCUT2D eigenvalue weighted by Gasteiger charge is -1.96.